The summed E-state index contributed by atoms with van der Waals surface area (Å²) in [5.74, 6) is 0.0733. The van der Waals surface area contributed by atoms with Gasteiger partial charge in [0, 0.05) is 43.0 Å². The van der Waals surface area contributed by atoms with Gasteiger partial charge in [-0.15, -0.1) is 0 Å². The first-order chi connectivity index (χ1) is 9.79. The molecule has 20 heavy (non-hydrogen) atoms. The van der Waals surface area contributed by atoms with Crippen molar-refractivity contribution in [2.45, 2.75) is 37.8 Å². The Bertz CT molecular complexity index is 539. The van der Waals surface area contributed by atoms with Crippen LogP contribution in [-0.4, -0.2) is 42.5 Å². The van der Waals surface area contributed by atoms with Crippen molar-refractivity contribution in [2.75, 3.05) is 25.0 Å². The highest BCUT2D eigenvalue weighted by atomic mass is 16.1. The van der Waals surface area contributed by atoms with Gasteiger partial charge in [-0.05, 0) is 43.4 Å². The van der Waals surface area contributed by atoms with Crippen molar-refractivity contribution in [3.05, 3.63) is 29.3 Å². The van der Waals surface area contributed by atoms with Gasteiger partial charge in [0.2, 0.25) is 0 Å². The Balaban J connectivity index is 1.40. The quantitative estimate of drug-likeness (QED) is 0.878. The van der Waals surface area contributed by atoms with Crippen molar-refractivity contribution in [3.8, 4) is 0 Å². The fraction of sp³-hybridized carbons (Fsp3) is 0.562. The standard InChI is InChI=1S/C16H21N3O/c20-16(12-2-1-11-5-7-17-15(11)9-12)18-13-6-8-19(10-13)14-3-4-14/h1-2,9,13-14,17H,3-8,10H2,(H,18,20). The van der Waals surface area contributed by atoms with Gasteiger partial charge < -0.3 is 10.6 Å². The summed E-state index contributed by atoms with van der Waals surface area (Å²) in [5.41, 5.74) is 3.23. The summed E-state index contributed by atoms with van der Waals surface area (Å²) in [5, 5.41) is 6.52. The van der Waals surface area contributed by atoms with Gasteiger partial charge in [-0.3, -0.25) is 9.69 Å². The molecule has 2 fully saturated rings. The first-order valence-electron chi connectivity index (χ1n) is 7.71. The number of likely N-dealkylation sites (tertiary alicyclic amines) is 1. The van der Waals surface area contributed by atoms with Gasteiger partial charge in [0.05, 0.1) is 0 Å². The SMILES string of the molecule is O=C(NC1CCN(C2CC2)C1)c1ccc2c(c1)NCC2. The Hall–Kier alpha value is -1.55. The number of nitrogens with zero attached hydrogens (tertiary/aromatic N) is 1. The van der Waals surface area contributed by atoms with E-state index < -0.39 is 0 Å². The smallest absolute Gasteiger partial charge is 0.251 e. The molecule has 1 unspecified atom stereocenters. The van der Waals surface area contributed by atoms with Crippen LogP contribution in [0.1, 0.15) is 35.2 Å². The minimum Gasteiger partial charge on any atom is -0.384 e. The summed E-state index contributed by atoms with van der Waals surface area (Å²) >= 11 is 0. The maximum absolute atomic E-state index is 12.3. The van der Waals surface area contributed by atoms with Crippen LogP contribution in [-0.2, 0) is 6.42 Å². The number of nitrogens with one attached hydrogen (secondary N) is 2. The molecule has 1 saturated carbocycles. The lowest BCUT2D eigenvalue weighted by molar-refractivity contribution is 0.0937. The van der Waals surface area contributed by atoms with E-state index in [1.165, 1.54) is 18.4 Å². The molecule has 1 aromatic rings. The highest BCUT2D eigenvalue weighted by molar-refractivity contribution is 5.95. The molecule has 4 heteroatoms. The van der Waals surface area contributed by atoms with E-state index in [9.17, 15) is 4.79 Å². The van der Waals surface area contributed by atoms with Gasteiger partial charge in [0.15, 0.2) is 0 Å². The summed E-state index contributed by atoms with van der Waals surface area (Å²) in [6.45, 7) is 3.15. The predicted molar refractivity (Wildman–Crippen MR) is 79.1 cm³/mol. The molecule has 2 heterocycles. The first-order valence-corrected chi connectivity index (χ1v) is 7.71. The van der Waals surface area contributed by atoms with Gasteiger partial charge in [0.1, 0.15) is 0 Å². The maximum atomic E-state index is 12.3. The number of carbonyl (C=O) groups is 1. The predicted octanol–water partition coefficient (Wildman–Crippen LogP) is 1.62. The van der Waals surface area contributed by atoms with Gasteiger partial charge in [-0.2, -0.15) is 0 Å². The molecule has 0 spiro atoms. The molecule has 4 rings (SSSR count). The Morgan fingerprint density at radius 1 is 1.30 bits per heavy atom. The van der Waals surface area contributed by atoms with Crippen LogP contribution in [0.2, 0.25) is 0 Å². The zero-order chi connectivity index (χ0) is 13.5. The molecule has 1 amide bonds. The van der Waals surface area contributed by atoms with E-state index in [2.05, 4.69) is 21.6 Å². The number of anilines is 1. The largest absolute Gasteiger partial charge is 0.384 e. The van der Waals surface area contributed by atoms with Crippen molar-refractivity contribution in [1.82, 2.24) is 10.2 Å². The number of amides is 1. The molecule has 1 aromatic carbocycles. The van der Waals surface area contributed by atoms with Gasteiger partial charge in [0.25, 0.3) is 5.91 Å². The number of rotatable bonds is 3. The third kappa shape index (κ3) is 2.29. The lowest BCUT2D eigenvalue weighted by Gasteiger charge is -2.16. The lowest BCUT2D eigenvalue weighted by Crippen LogP contribution is -2.37. The summed E-state index contributed by atoms with van der Waals surface area (Å²) in [6, 6.07) is 7.15. The molecule has 0 radical (unpaired) electrons. The summed E-state index contributed by atoms with van der Waals surface area (Å²) in [7, 11) is 0. The van der Waals surface area contributed by atoms with E-state index in [0.717, 1.165) is 49.8 Å². The Morgan fingerprint density at radius 2 is 2.20 bits per heavy atom. The van der Waals surface area contributed by atoms with Crippen molar-refractivity contribution < 1.29 is 4.79 Å². The zero-order valence-corrected chi connectivity index (χ0v) is 11.7. The van der Waals surface area contributed by atoms with Crippen molar-refractivity contribution in [3.63, 3.8) is 0 Å². The summed E-state index contributed by atoms with van der Waals surface area (Å²) < 4.78 is 0. The van der Waals surface area contributed by atoms with Gasteiger partial charge >= 0.3 is 0 Å². The monoisotopic (exact) mass is 271 g/mol. The molecule has 0 bridgehead atoms. The molecule has 2 N–H and O–H groups in total. The summed E-state index contributed by atoms with van der Waals surface area (Å²) in [6.07, 6.45) is 4.84. The number of fused-ring (bicyclic) bond motifs is 1. The fourth-order valence-electron chi connectivity index (χ4n) is 3.38. The fourth-order valence-corrected chi connectivity index (χ4v) is 3.38. The van der Waals surface area contributed by atoms with Crippen LogP contribution < -0.4 is 10.6 Å². The second kappa shape index (κ2) is 4.77. The minimum atomic E-state index is 0.0733. The van der Waals surface area contributed by atoms with Gasteiger partial charge in [-0.25, -0.2) is 0 Å². The highest BCUT2D eigenvalue weighted by Crippen LogP contribution is 2.30. The van der Waals surface area contributed by atoms with Crippen LogP contribution in [0.4, 0.5) is 5.69 Å². The van der Waals surface area contributed by atoms with Gasteiger partial charge in [-0.1, -0.05) is 6.07 Å². The van der Waals surface area contributed by atoms with Crippen LogP contribution in [0.15, 0.2) is 18.2 Å². The van der Waals surface area contributed by atoms with Crippen molar-refractivity contribution >= 4 is 11.6 Å². The van der Waals surface area contributed by atoms with Crippen LogP contribution in [0.25, 0.3) is 0 Å². The third-order valence-electron chi connectivity index (χ3n) is 4.70. The van der Waals surface area contributed by atoms with Crippen LogP contribution in [0, 0.1) is 0 Å². The molecule has 1 atom stereocenters. The number of hydrogen-bond donors (Lipinski definition) is 2. The van der Waals surface area contributed by atoms with E-state index in [4.69, 9.17) is 0 Å². The second-order valence-electron chi connectivity index (χ2n) is 6.23. The first kappa shape index (κ1) is 12.2. The molecule has 106 valence electrons. The van der Waals surface area contributed by atoms with E-state index in [1.807, 2.05) is 12.1 Å². The topological polar surface area (TPSA) is 44.4 Å². The van der Waals surface area contributed by atoms with Crippen molar-refractivity contribution in [2.24, 2.45) is 0 Å². The van der Waals surface area contributed by atoms with E-state index in [-0.39, 0.29) is 5.91 Å². The second-order valence-corrected chi connectivity index (χ2v) is 6.23. The van der Waals surface area contributed by atoms with Crippen molar-refractivity contribution in [1.29, 1.82) is 0 Å². The van der Waals surface area contributed by atoms with E-state index >= 15 is 0 Å². The molecule has 0 aromatic heterocycles. The Morgan fingerprint density at radius 3 is 3.05 bits per heavy atom. The third-order valence-corrected chi connectivity index (χ3v) is 4.70. The maximum Gasteiger partial charge on any atom is 0.251 e. The average Bonchev–Trinajstić information content (AvgIpc) is 3.02. The summed E-state index contributed by atoms with van der Waals surface area (Å²) in [4.78, 5) is 14.9. The lowest BCUT2D eigenvalue weighted by atomic mass is 10.1. The van der Waals surface area contributed by atoms with Crippen LogP contribution >= 0.6 is 0 Å². The number of benzene rings is 1. The van der Waals surface area contributed by atoms with Crippen LogP contribution in [0.3, 0.4) is 0 Å². The molecular weight excluding hydrogens is 250 g/mol. The zero-order valence-electron chi connectivity index (χ0n) is 11.7. The molecule has 4 nitrogen and oxygen atoms in total. The average molecular weight is 271 g/mol. The highest BCUT2D eigenvalue weighted by Gasteiger charge is 2.34. The minimum absolute atomic E-state index is 0.0733. The van der Waals surface area contributed by atoms with E-state index in [1.54, 1.807) is 0 Å². The number of hydrogen-bond acceptors (Lipinski definition) is 3. The number of carbonyl (C=O) groups excluding carboxylic acids is 1. The molecule has 2 aliphatic heterocycles. The van der Waals surface area contributed by atoms with E-state index in [0.29, 0.717) is 6.04 Å². The normalized spacial score (nSPS) is 25.3. The Kier molecular flexibility index (Phi) is 2.91. The van der Waals surface area contributed by atoms with Crippen LogP contribution in [0.5, 0.6) is 0 Å². The molecule has 1 saturated heterocycles. The molecule has 1 aliphatic carbocycles. The molecule has 3 aliphatic rings. The Labute approximate surface area is 119 Å². The molecular formula is C16H21N3O.